The molecule has 0 radical (unpaired) electrons. The average Bonchev–Trinajstić information content (AvgIpc) is 2.50. The summed E-state index contributed by atoms with van der Waals surface area (Å²) in [7, 11) is 0. The van der Waals surface area contributed by atoms with Gasteiger partial charge in [-0.15, -0.1) is 12.6 Å². The molecule has 2 heteroatoms. The van der Waals surface area contributed by atoms with Gasteiger partial charge in [0.1, 0.15) is 0 Å². The van der Waals surface area contributed by atoms with E-state index in [0.717, 1.165) is 24.3 Å². The van der Waals surface area contributed by atoms with Crippen molar-refractivity contribution >= 4 is 24.4 Å². The molecular formula is C20H29NS. The molecule has 0 aliphatic carbocycles. The molecule has 0 amide bonds. The van der Waals surface area contributed by atoms with Crippen molar-refractivity contribution in [1.29, 1.82) is 0 Å². The van der Waals surface area contributed by atoms with E-state index in [1.165, 1.54) is 28.0 Å². The molecular weight excluding hydrogens is 286 g/mol. The van der Waals surface area contributed by atoms with Crippen LogP contribution in [0, 0.1) is 13.8 Å². The molecule has 0 saturated carbocycles. The molecule has 0 fully saturated rings. The second-order valence-electron chi connectivity index (χ2n) is 5.70. The smallest absolute Gasteiger partial charge is 0.0512 e. The normalized spacial score (nSPS) is 12.0. The van der Waals surface area contributed by atoms with E-state index in [9.17, 15) is 0 Å². The number of nitrogens with zero attached hydrogens (tertiary/aromatic N) is 1. The first-order valence-corrected chi connectivity index (χ1v) is 8.47. The third-order valence-corrected chi connectivity index (χ3v) is 4.45. The SMILES string of the molecule is C=C/C=C\N(CCC)c1c(/C=C(/C)CC)cc(S)c(C)c1C. The molecule has 0 aliphatic heterocycles. The van der Waals surface area contributed by atoms with Crippen LogP contribution in [-0.4, -0.2) is 6.54 Å². The van der Waals surface area contributed by atoms with Crippen molar-refractivity contribution in [3.05, 3.63) is 53.3 Å². The lowest BCUT2D eigenvalue weighted by Crippen LogP contribution is -2.19. The van der Waals surface area contributed by atoms with E-state index >= 15 is 0 Å². The van der Waals surface area contributed by atoms with E-state index < -0.39 is 0 Å². The average molecular weight is 316 g/mol. The van der Waals surface area contributed by atoms with Crippen molar-refractivity contribution in [2.24, 2.45) is 0 Å². The molecule has 1 rings (SSSR count). The fourth-order valence-electron chi connectivity index (χ4n) is 2.44. The molecule has 0 bridgehead atoms. The van der Waals surface area contributed by atoms with Gasteiger partial charge in [0, 0.05) is 17.6 Å². The molecule has 22 heavy (non-hydrogen) atoms. The molecule has 0 N–H and O–H groups in total. The maximum Gasteiger partial charge on any atom is 0.0512 e. The van der Waals surface area contributed by atoms with Gasteiger partial charge < -0.3 is 4.90 Å². The number of thiol groups is 1. The summed E-state index contributed by atoms with van der Waals surface area (Å²) in [5.74, 6) is 0. The fourth-order valence-corrected chi connectivity index (χ4v) is 2.74. The molecule has 1 aromatic carbocycles. The zero-order valence-electron chi connectivity index (χ0n) is 14.6. The Morgan fingerprint density at radius 3 is 2.50 bits per heavy atom. The van der Waals surface area contributed by atoms with Gasteiger partial charge in [-0.05, 0) is 62.4 Å². The van der Waals surface area contributed by atoms with Crippen molar-refractivity contribution in [2.75, 3.05) is 11.4 Å². The summed E-state index contributed by atoms with van der Waals surface area (Å²) in [6, 6.07) is 2.18. The van der Waals surface area contributed by atoms with E-state index in [0.29, 0.717) is 0 Å². The summed E-state index contributed by atoms with van der Waals surface area (Å²) < 4.78 is 0. The number of rotatable bonds is 7. The van der Waals surface area contributed by atoms with Gasteiger partial charge in [-0.1, -0.05) is 38.2 Å². The Morgan fingerprint density at radius 1 is 1.27 bits per heavy atom. The van der Waals surface area contributed by atoms with Crippen LogP contribution in [0.5, 0.6) is 0 Å². The van der Waals surface area contributed by atoms with Crippen LogP contribution in [0.2, 0.25) is 0 Å². The van der Waals surface area contributed by atoms with Crippen LogP contribution in [0.1, 0.15) is 50.3 Å². The minimum Gasteiger partial charge on any atom is -0.347 e. The monoisotopic (exact) mass is 315 g/mol. The van der Waals surface area contributed by atoms with E-state index in [-0.39, 0.29) is 0 Å². The first-order valence-electron chi connectivity index (χ1n) is 8.02. The number of benzene rings is 1. The lowest BCUT2D eigenvalue weighted by atomic mass is 9.99. The molecule has 0 saturated heterocycles. The molecule has 1 nitrogen and oxygen atoms in total. The zero-order chi connectivity index (χ0) is 16.7. The van der Waals surface area contributed by atoms with Crippen LogP contribution in [0.3, 0.4) is 0 Å². The van der Waals surface area contributed by atoms with Crippen LogP contribution in [0.4, 0.5) is 5.69 Å². The molecule has 120 valence electrons. The second-order valence-corrected chi connectivity index (χ2v) is 6.18. The summed E-state index contributed by atoms with van der Waals surface area (Å²) >= 11 is 4.65. The first-order chi connectivity index (χ1) is 10.5. The largest absolute Gasteiger partial charge is 0.347 e. The number of hydrogen-bond acceptors (Lipinski definition) is 2. The van der Waals surface area contributed by atoms with Crippen LogP contribution in [-0.2, 0) is 0 Å². The zero-order valence-corrected chi connectivity index (χ0v) is 15.5. The van der Waals surface area contributed by atoms with E-state index in [4.69, 9.17) is 0 Å². The Kier molecular flexibility index (Phi) is 7.53. The summed E-state index contributed by atoms with van der Waals surface area (Å²) in [6.07, 6.45) is 10.4. The van der Waals surface area contributed by atoms with Gasteiger partial charge in [-0.2, -0.15) is 0 Å². The molecule has 0 unspecified atom stereocenters. The van der Waals surface area contributed by atoms with Gasteiger partial charge in [0.05, 0.1) is 5.69 Å². The van der Waals surface area contributed by atoms with Crippen LogP contribution in [0.15, 0.2) is 41.5 Å². The summed E-state index contributed by atoms with van der Waals surface area (Å²) in [4.78, 5) is 3.38. The molecule has 0 atom stereocenters. The lowest BCUT2D eigenvalue weighted by Gasteiger charge is -2.26. The van der Waals surface area contributed by atoms with Gasteiger partial charge in [0.15, 0.2) is 0 Å². The molecule has 0 spiro atoms. The third-order valence-electron chi connectivity index (χ3n) is 3.98. The highest BCUT2D eigenvalue weighted by Crippen LogP contribution is 2.34. The third kappa shape index (κ3) is 4.54. The Labute approximate surface area is 141 Å². The van der Waals surface area contributed by atoms with Crippen molar-refractivity contribution in [3.8, 4) is 0 Å². The highest BCUT2D eigenvalue weighted by atomic mass is 32.1. The highest BCUT2D eigenvalue weighted by molar-refractivity contribution is 7.80. The standard InChI is InChI=1S/C20H29NS/c1-7-10-12-21(11-8-2)20-17(6)16(5)19(22)14-18(20)13-15(4)9-3/h7,10,12-14,22H,1,8-9,11H2,2-6H3/b12-10-,15-13-. The topological polar surface area (TPSA) is 3.24 Å². The van der Waals surface area contributed by atoms with Crippen LogP contribution < -0.4 is 4.90 Å². The maximum atomic E-state index is 4.65. The Bertz CT molecular complexity index is 582. The van der Waals surface area contributed by atoms with Crippen LogP contribution in [0.25, 0.3) is 6.08 Å². The van der Waals surface area contributed by atoms with E-state index in [2.05, 4.69) is 77.1 Å². The lowest BCUT2D eigenvalue weighted by molar-refractivity contribution is 0.873. The van der Waals surface area contributed by atoms with Crippen molar-refractivity contribution in [1.82, 2.24) is 0 Å². The second kappa shape index (κ2) is 8.89. The number of anilines is 1. The van der Waals surface area contributed by atoms with Gasteiger partial charge in [-0.25, -0.2) is 0 Å². The quantitative estimate of drug-likeness (QED) is 0.455. The van der Waals surface area contributed by atoms with Crippen molar-refractivity contribution in [2.45, 2.75) is 52.4 Å². The highest BCUT2D eigenvalue weighted by Gasteiger charge is 2.14. The molecule has 0 heterocycles. The van der Waals surface area contributed by atoms with Crippen LogP contribution >= 0.6 is 12.6 Å². The van der Waals surface area contributed by atoms with Crippen molar-refractivity contribution < 1.29 is 0 Å². The van der Waals surface area contributed by atoms with Gasteiger partial charge in [-0.3, -0.25) is 0 Å². The van der Waals surface area contributed by atoms with E-state index in [1.807, 2.05) is 12.2 Å². The van der Waals surface area contributed by atoms with E-state index in [1.54, 1.807) is 0 Å². The fraction of sp³-hybridized carbons (Fsp3) is 0.400. The Balaban J connectivity index is 3.55. The summed E-state index contributed by atoms with van der Waals surface area (Å²) in [5, 5.41) is 0. The van der Waals surface area contributed by atoms with Crippen molar-refractivity contribution in [3.63, 3.8) is 0 Å². The molecule has 0 aromatic heterocycles. The Hall–Kier alpha value is -1.41. The predicted octanol–water partition coefficient (Wildman–Crippen LogP) is 6.32. The number of hydrogen-bond donors (Lipinski definition) is 1. The molecule has 1 aromatic rings. The number of allylic oxidation sites excluding steroid dienone is 3. The minimum absolute atomic E-state index is 0.989. The first kappa shape index (κ1) is 18.6. The van der Waals surface area contributed by atoms with Gasteiger partial charge in [0.2, 0.25) is 0 Å². The maximum absolute atomic E-state index is 4.65. The predicted molar refractivity (Wildman–Crippen MR) is 104 cm³/mol. The van der Waals surface area contributed by atoms with Gasteiger partial charge in [0.25, 0.3) is 0 Å². The summed E-state index contributed by atoms with van der Waals surface area (Å²) in [6.45, 7) is 15.7. The Morgan fingerprint density at radius 2 is 1.95 bits per heavy atom. The minimum atomic E-state index is 0.989. The van der Waals surface area contributed by atoms with Gasteiger partial charge >= 0.3 is 0 Å². The summed E-state index contributed by atoms with van der Waals surface area (Å²) in [5.41, 5.74) is 6.45. The molecule has 0 aliphatic rings.